The average Bonchev–Trinajstić information content (AvgIpc) is 2.38. The summed E-state index contributed by atoms with van der Waals surface area (Å²) in [5, 5.41) is 5.31. The zero-order valence-corrected chi connectivity index (χ0v) is 12.2. The molecule has 104 valence electrons. The second-order valence-corrected chi connectivity index (χ2v) is 5.04. The molecule has 2 aromatic rings. The Labute approximate surface area is 124 Å². The molecule has 0 spiro atoms. The van der Waals surface area contributed by atoms with Gasteiger partial charge in [-0.3, -0.25) is 5.32 Å². The van der Waals surface area contributed by atoms with Crippen LogP contribution in [0.3, 0.4) is 0 Å². The van der Waals surface area contributed by atoms with Crippen molar-refractivity contribution in [3.8, 4) is 0 Å². The van der Waals surface area contributed by atoms with E-state index in [0.717, 1.165) is 10.0 Å². The zero-order valence-electron chi connectivity index (χ0n) is 10.6. The molecule has 2 N–H and O–H groups in total. The molecule has 0 unspecified atom stereocenters. The monoisotopic (exact) mass is 337 g/mol. The van der Waals surface area contributed by atoms with Crippen molar-refractivity contribution in [1.29, 1.82) is 0 Å². The van der Waals surface area contributed by atoms with E-state index in [9.17, 15) is 9.18 Å². The third-order valence-electron chi connectivity index (χ3n) is 2.55. The largest absolute Gasteiger partial charge is 0.337 e. The van der Waals surface area contributed by atoms with Gasteiger partial charge >= 0.3 is 6.03 Å². The molecule has 0 aliphatic rings. The fourth-order valence-corrected chi connectivity index (χ4v) is 1.98. The van der Waals surface area contributed by atoms with Crippen LogP contribution in [0.1, 0.15) is 5.56 Å². The molecular weight excluding hydrogens is 325 g/mol. The van der Waals surface area contributed by atoms with Crippen molar-refractivity contribution in [2.75, 3.05) is 11.9 Å². The Morgan fingerprint density at radius 3 is 2.90 bits per heavy atom. The van der Waals surface area contributed by atoms with Crippen LogP contribution < -0.4 is 10.6 Å². The number of carbonyl (C=O) groups excluding carboxylic acids is 1. The topological polar surface area (TPSA) is 54.0 Å². The third kappa shape index (κ3) is 4.62. The van der Waals surface area contributed by atoms with Gasteiger partial charge in [0.15, 0.2) is 0 Å². The number of benzene rings is 1. The summed E-state index contributed by atoms with van der Waals surface area (Å²) in [5.74, 6) is 0.188. The Morgan fingerprint density at radius 2 is 2.15 bits per heavy atom. The van der Waals surface area contributed by atoms with Crippen molar-refractivity contribution in [2.24, 2.45) is 0 Å². The highest BCUT2D eigenvalue weighted by molar-refractivity contribution is 9.10. The molecule has 4 nitrogen and oxygen atoms in total. The van der Waals surface area contributed by atoms with Crippen LogP contribution in [-0.2, 0) is 6.42 Å². The number of carbonyl (C=O) groups is 1. The third-order valence-corrected chi connectivity index (χ3v) is 3.05. The predicted molar refractivity (Wildman–Crippen MR) is 79.1 cm³/mol. The van der Waals surface area contributed by atoms with Crippen molar-refractivity contribution in [1.82, 2.24) is 10.3 Å². The molecule has 0 aliphatic heterocycles. The number of nitrogens with zero attached hydrogens (tertiary/aromatic N) is 1. The van der Waals surface area contributed by atoms with E-state index in [2.05, 4.69) is 31.5 Å². The number of hydrogen-bond donors (Lipinski definition) is 2. The maximum Gasteiger partial charge on any atom is 0.320 e. The van der Waals surface area contributed by atoms with E-state index >= 15 is 0 Å². The maximum atomic E-state index is 13.0. The molecule has 20 heavy (non-hydrogen) atoms. The second kappa shape index (κ2) is 7.00. The lowest BCUT2D eigenvalue weighted by molar-refractivity contribution is 0.252. The molecule has 1 heterocycles. The molecule has 0 radical (unpaired) electrons. The van der Waals surface area contributed by atoms with Crippen molar-refractivity contribution in [2.45, 2.75) is 6.42 Å². The first-order chi connectivity index (χ1) is 9.63. The number of rotatable bonds is 4. The number of pyridine rings is 1. The molecule has 1 aromatic carbocycles. The van der Waals surface area contributed by atoms with Gasteiger partial charge in [0.05, 0.1) is 0 Å². The van der Waals surface area contributed by atoms with Crippen molar-refractivity contribution in [3.63, 3.8) is 0 Å². The van der Waals surface area contributed by atoms with Gasteiger partial charge in [-0.25, -0.2) is 14.2 Å². The van der Waals surface area contributed by atoms with Crippen LogP contribution in [0.5, 0.6) is 0 Å². The summed E-state index contributed by atoms with van der Waals surface area (Å²) in [6.45, 7) is 0.420. The lowest BCUT2D eigenvalue weighted by Gasteiger charge is -2.07. The number of urea groups is 1. The highest BCUT2D eigenvalue weighted by atomic mass is 79.9. The van der Waals surface area contributed by atoms with E-state index in [1.807, 2.05) is 6.07 Å². The van der Waals surface area contributed by atoms with Gasteiger partial charge in [0.1, 0.15) is 11.6 Å². The fraction of sp³-hybridized carbons (Fsp3) is 0.143. The van der Waals surface area contributed by atoms with E-state index < -0.39 is 0 Å². The smallest absolute Gasteiger partial charge is 0.320 e. The number of nitrogens with one attached hydrogen (secondary N) is 2. The predicted octanol–water partition coefficient (Wildman–Crippen LogP) is 3.35. The number of halogens is 2. The molecule has 2 amide bonds. The highest BCUT2D eigenvalue weighted by Gasteiger charge is 2.03. The summed E-state index contributed by atoms with van der Waals surface area (Å²) in [5.41, 5.74) is 0.839. The summed E-state index contributed by atoms with van der Waals surface area (Å²) < 4.78 is 13.8. The van der Waals surface area contributed by atoms with E-state index in [0.29, 0.717) is 18.8 Å². The summed E-state index contributed by atoms with van der Waals surface area (Å²) in [6.07, 6.45) is 2.16. The molecular formula is C14H13BrFN3O. The van der Waals surface area contributed by atoms with Crippen LogP contribution in [0.25, 0.3) is 0 Å². The van der Waals surface area contributed by atoms with E-state index in [-0.39, 0.29) is 11.8 Å². The van der Waals surface area contributed by atoms with Gasteiger partial charge in [0, 0.05) is 17.2 Å². The van der Waals surface area contributed by atoms with Gasteiger partial charge < -0.3 is 5.32 Å². The van der Waals surface area contributed by atoms with Crippen LogP contribution >= 0.6 is 15.9 Å². The Kier molecular flexibility index (Phi) is 5.06. The average molecular weight is 338 g/mol. The Morgan fingerprint density at radius 1 is 1.30 bits per heavy atom. The number of anilines is 1. The molecule has 1 aromatic heterocycles. The quantitative estimate of drug-likeness (QED) is 0.898. The number of amides is 2. The molecule has 0 saturated carbocycles. The molecule has 0 aliphatic carbocycles. The molecule has 0 fully saturated rings. The minimum Gasteiger partial charge on any atom is -0.337 e. The van der Waals surface area contributed by atoms with Crippen LogP contribution in [0.2, 0.25) is 0 Å². The van der Waals surface area contributed by atoms with Crippen molar-refractivity contribution >= 4 is 27.8 Å². The second-order valence-electron chi connectivity index (χ2n) is 4.12. The molecule has 0 saturated heterocycles. The Hall–Kier alpha value is -1.95. The van der Waals surface area contributed by atoms with Crippen molar-refractivity contribution in [3.05, 3.63) is 58.4 Å². The molecule has 0 atom stereocenters. The SMILES string of the molecule is O=C(NCCc1cccc(F)c1)Nc1cc(Br)ccn1. The minimum absolute atomic E-state index is 0.273. The summed E-state index contributed by atoms with van der Waals surface area (Å²) in [6, 6.07) is 9.44. The summed E-state index contributed by atoms with van der Waals surface area (Å²) in [4.78, 5) is 15.6. The van der Waals surface area contributed by atoms with E-state index in [1.165, 1.54) is 12.1 Å². The van der Waals surface area contributed by atoms with Crippen LogP contribution in [-0.4, -0.2) is 17.6 Å². The minimum atomic E-state index is -0.341. The normalized spacial score (nSPS) is 10.1. The van der Waals surface area contributed by atoms with Gasteiger partial charge in [-0.2, -0.15) is 0 Å². The first kappa shape index (κ1) is 14.5. The Bertz CT molecular complexity index is 606. The highest BCUT2D eigenvalue weighted by Crippen LogP contribution is 2.12. The first-order valence-corrected chi connectivity index (χ1v) is 6.83. The zero-order chi connectivity index (χ0) is 14.4. The van der Waals surface area contributed by atoms with Crippen LogP contribution in [0.15, 0.2) is 47.1 Å². The molecule has 6 heteroatoms. The van der Waals surface area contributed by atoms with Gasteiger partial charge in [-0.05, 0) is 36.2 Å². The first-order valence-electron chi connectivity index (χ1n) is 6.04. The van der Waals surface area contributed by atoms with Gasteiger partial charge in [-0.15, -0.1) is 0 Å². The van der Waals surface area contributed by atoms with Gasteiger partial charge in [0.2, 0.25) is 0 Å². The maximum absolute atomic E-state index is 13.0. The number of hydrogen-bond acceptors (Lipinski definition) is 2. The van der Waals surface area contributed by atoms with E-state index in [1.54, 1.807) is 24.4 Å². The van der Waals surface area contributed by atoms with Crippen LogP contribution in [0, 0.1) is 5.82 Å². The molecule has 2 rings (SSSR count). The van der Waals surface area contributed by atoms with Gasteiger partial charge in [0.25, 0.3) is 0 Å². The standard InChI is InChI=1S/C14H13BrFN3O/c15-11-5-7-17-13(9-11)19-14(20)18-6-4-10-2-1-3-12(16)8-10/h1-3,5,7-9H,4,6H2,(H2,17,18,19,20). The van der Waals surface area contributed by atoms with E-state index in [4.69, 9.17) is 0 Å². The number of aromatic nitrogens is 1. The van der Waals surface area contributed by atoms with Crippen molar-refractivity contribution < 1.29 is 9.18 Å². The summed E-state index contributed by atoms with van der Waals surface area (Å²) in [7, 11) is 0. The fourth-order valence-electron chi connectivity index (χ4n) is 1.65. The molecule has 0 bridgehead atoms. The van der Waals surface area contributed by atoms with Crippen LogP contribution in [0.4, 0.5) is 15.0 Å². The lowest BCUT2D eigenvalue weighted by Crippen LogP contribution is -2.30. The summed E-state index contributed by atoms with van der Waals surface area (Å²) >= 11 is 3.29. The Balaban J connectivity index is 1.78. The lowest BCUT2D eigenvalue weighted by atomic mass is 10.1. The van der Waals surface area contributed by atoms with Gasteiger partial charge in [-0.1, -0.05) is 28.1 Å².